The standard InChI is InChI=1S/C13H21ClN4/c1-3-9-4-6-10(7-5-9)17-12-11(14)8-16-13(15-2)18-12/h8-10H,3-7H2,1-2H3,(H2,15,16,17,18). The summed E-state index contributed by atoms with van der Waals surface area (Å²) >= 11 is 6.11. The maximum atomic E-state index is 6.11. The highest BCUT2D eigenvalue weighted by Gasteiger charge is 2.20. The summed E-state index contributed by atoms with van der Waals surface area (Å²) in [5, 5.41) is 6.96. The molecule has 0 aliphatic heterocycles. The molecule has 1 saturated carbocycles. The lowest BCUT2D eigenvalue weighted by Crippen LogP contribution is -2.26. The lowest BCUT2D eigenvalue weighted by Gasteiger charge is -2.29. The summed E-state index contributed by atoms with van der Waals surface area (Å²) in [6.45, 7) is 2.28. The monoisotopic (exact) mass is 268 g/mol. The van der Waals surface area contributed by atoms with E-state index in [0.717, 1.165) is 11.7 Å². The largest absolute Gasteiger partial charge is 0.366 e. The van der Waals surface area contributed by atoms with E-state index < -0.39 is 0 Å². The average molecular weight is 269 g/mol. The lowest BCUT2D eigenvalue weighted by atomic mass is 9.84. The average Bonchev–Trinajstić information content (AvgIpc) is 2.42. The van der Waals surface area contributed by atoms with E-state index >= 15 is 0 Å². The fourth-order valence-electron chi connectivity index (χ4n) is 2.50. The molecule has 1 heterocycles. The summed E-state index contributed by atoms with van der Waals surface area (Å²) in [5.74, 6) is 2.25. The van der Waals surface area contributed by atoms with Crippen LogP contribution in [0.25, 0.3) is 0 Å². The van der Waals surface area contributed by atoms with E-state index in [1.807, 2.05) is 0 Å². The van der Waals surface area contributed by atoms with Gasteiger partial charge in [0.25, 0.3) is 0 Å². The normalized spacial score (nSPS) is 23.7. The molecule has 2 rings (SSSR count). The van der Waals surface area contributed by atoms with Crippen LogP contribution in [0.2, 0.25) is 5.02 Å². The third kappa shape index (κ3) is 3.25. The molecule has 1 aromatic heterocycles. The first-order chi connectivity index (χ1) is 8.72. The van der Waals surface area contributed by atoms with Gasteiger partial charge in [0, 0.05) is 13.1 Å². The van der Waals surface area contributed by atoms with Gasteiger partial charge in [-0.1, -0.05) is 24.9 Å². The summed E-state index contributed by atoms with van der Waals surface area (Å²) in [4.78, 5) is 8.44. The van der Waals surface area contributed by atoms with Crippen LogP contribution in [0.4, 0.5) is 11.8 Å². The second-order valence-corrected chi connectivity index (χ2v) is 5.32. The Labute approximate surface area is 114 Å². The molecule has 1 aliphatic carbocycles. The minimum Gasteiger partial charge on any atom is -0.366 e. The zero-order valence-corrected chi connectivity index (χ0v) is 11.8. The quantitative estimate of drug-likeness (QED) is 0.877. The van der Waals surface area contributed by atoms with Gasteiger partial charge in [0.15, 0.2) is 5.82 Å². The van der Waals surface area contributed by atoms with Crippen molar-refractivity contribution in [1.29, 1.82) is 0 Å². The van der Waals surface area contributed by atoms with Gasteiger partial charge < -0.3 is 10.6 Å². The summed E-state index contributed by atoms with van der Waals surface area (Å²) in [7, 11) is 1.81. The summed E-state index contributed by atoms with van der Waals surface area (Å²) < 4.78 is 0. The second kappa shape index (κ2) is 6.23. The molecule has 0 aromatic carbocycles. The molecule has 1 aromatic rings. The van der Waals surface area contributed by atoms with E-state index in [9.17, 15) is 0 Å². The van der Waals surface area contributed by atoms with Gasteiger partial charge in [-0.2, -0.15) is 4.98 Å². The van der Waals surface area contributed by atoms with E-state index in [1.54, 1.807) is 13.2 Å². The molecular weight excluding hydrogens is 248 g/mol. The van der Waals surface area contributed by atoms with E-state index in [2.05, 4.69) is 27.5 Å². The van der Waals surface area contributed by atoms with Gasteiger partial charge in [-0.05, 0) is 31.6 Å². The Kier molecular flexibility index (Phi) is 4.64. The van der Waals surface area contributed by atoms with E-state index in [0.29, 0.717) is 17.0 Å². The first-order valence-corrected chi connectivity index (χ1v) is 7.07. The maximum absolute atomic E-state index is 6.11. The van der Waals surface area contributed by atoms with Crippen LogP contribution in [0, 0.1) is 5.92 Å². The molecule has 1 aliphatic rings. The highest BCUT2D eigenvalue weighted by atomic mass is 35.5. The van der Waals surface area contributed by atoms with Crippen LogP contribution in [0.5, 0.6) is 0 Å². The van der Waals surface area contributed by atoms with Crippen LogP contribution in [0.1, 0.15) is 39.0 Å². The number of nitrogens with zero attached hydrogens (tertiary/aromatic N) is 2. The van der Waals surface area contributed by atoms with Crippen LogP contribution in [-0.2, 0) is 0 Å². The molecule has 0 amide bonds. The van der Waals surface area contributed by atoms with Crippen LogP contribution in [-0.4, -0.2) is 23.1 Å². The molecule has 2 N–H and O–H groups in total. The Bertz CT molecular complexity index is 389. The molecule has 0 radical (unpaired) electrons. The maximum Gasteiger partial charge on any atom is 0.224 e. The van der Waals surface area contributed by atoms with Crippen LogP contribution >= 0.6 is 11.6 Å². The SMILES string of the molecule is CCC1CCC(Nc2nc(NC)ncc2Cl)CC1. The van der Waals surface area contributed by atoms with E-state index in [4.69, 9.17) is 11.6 Å². The Morgan fingerprint density at radius 1 is 1.33 bits per heavy atom. The number of nitrogens with one attached hydrogen (secondary N) is 2. The van der Waals surface area contributed by atoms with Gasteiger partial charge in [-0.3, -0.25) is 0 Å². The molecule has 100 valence electrons. The molecule has 0 bridgehead atoms. The van der Waals surface area contributed by atoms with Crippen LogP contribution in [0.15, 0.2) is 6.20 Å². The predicted octanol–water partition coefficient (Wildman–Crippen LogP) is 3.55. The highest BCUT2D eigenvalue weighted by Crippen LogP contribution is 2.29. The van der Waals surface area contributed by atoms with E-state index in [-0.39, 0.29) is 0 Å². The first kappa shape index (κ1) is 13.4. The Hall–Kier alpha value is -1.03. The molecule has 0 spiro atoms. The first-order valence-electron chi connectivity index (χ1n) is 6.69. The Morgan fingerprint density at radius 3 is 2.67 bits per heavy atom. The molecule has 18 heavy (non-hydrogen) atoms. The van der Waals surface area contributed by atoms with Crippen molar-refractivity contribution in [3.63, 3.8) is 0 Å². The van der Waals surface area contributed by atoms with Crippen molar-refractivity contribution in [2.24, 2.45) is 5.92 Å². The second-order valence-electron chi connectivity index (χ2n) is 4.91. The summed E-state index contributed by atoms with van der Waals surface area (Å²) in [6, 6.07) is 0.491. The number of aromatic nitrogens is 2. The van der Waals surface area contributed by atoms with Crippen molar-refractivity contribution in [2.75, 3.05) is 17.7 Å². The number of hydrogen-bond donors (Lipinski definition) is 2. The number of rotatable bonds is 4. The lowest BCUT2D eigenvalue weighted by molar-refractivity contribution is 0.330. The smallest absolute Gasteiger partial charge is 0.224 e. The van der Waals surface area contributed by atoms with Gasteiger partial charge in [0.2, 0.25) is 5.95 Å². The van der Waals surface area contributed by atoms with E-state index in [1.165, 1.54) is 32.1 Å². The molecule has 1 fully saturated rings. The highest BCUT2D eigenvalue weighted by molar-refractivity contribution is 6.32. The number of anilines is 2. The molecule has 0 unspecified atom stereocenters. The number of hydrogen-bond acceptors (Lipinski definition) is 4. The summed E-state index contributed by atoms with van der Waals surface area (Å²) in [5.41, 5.74) is 0. The Morgan fingerprint density at radius 2 is 2.06 bits per heavy atom. The van der Waals surface area contributed by atoms with Crippen LogP contribution in [0.3, 0.4) is 0 Å². The third-order valence-electron chi connectivity index (χ3n) is 3.73. The molecular formula is C13H21ClN4. The van der Waals surface area contributed by atoms with Crippen molar-refractivity contribution in [1.82, 2.24) is 9.97 Å². The zero-order chi connectivity index (χ0) is 13.0. The van der Waals surface area contributed by atoms with Crippen molar-refractivity contribution >= 4 is 23.4 Å². The molecule has 5 heteroatoms. The zero-order valence-electron chi connectivity index (χ0n) is 11.0. The van der Waals surface area contributed by atoms with Gasteiger partial charge >= 0.3 is 0 Å². The van der Waals surface area contributed by atoms with Crippen molar-refractivity contribution in [3.05, 3.63) is 11.2 Å². The Balaban J connectivity index is 1.97. The number of halogens is 1. The third-order valence-corrected chi connectivity index (χ3v) is 4.01. The van der Waals surface area contributed by atoms with Gasteiger partial charge in [0.1, 0.15) is 5.02 Å². The fourth-order valence-corrected chi connectivity index (χ4v) is 2.64. The predicted molar refractivity (Wildman–Crippen MR) is 76.2 cm³/mol. The molecule has 0 saturated heterocycles. The topological polar surface area (TPSA) is 49.8 Å². The summed E-state index contributed by atoms with van der Waals surface area (Å²) in [6.07, 6.45) is 7.94. The van der Waals surface area contributed by atoms with Gasteiger partial charge in [0.05, 0.1) is 6.20 Å². The minimum atomic E-state index is 0.491. The van der Waals surface area contributed by atoms with Crippen LogP contribution < -0.4 is 10.6 Å². The fraction of sp³-hybridized carbons (Fsp3) is 0.692. The van der Waals surface area contributed by atoms with Crippen molar-refractivity contribution < 1.29 is 0 Å². The minimum absolute atomic E-state index is 0.491. The van der Waals surface area contributed by atoms with Gasteiger partial charge in [-0.25, -0.2) is 4.98 Å². The molecule has 0 atom stereocenters. The van der Waals surface area contributed by atoms with Crippen molar-refractivity contribution in [3.8, 4) is 0 Å². The van der Waals surface area contributed by atoms with Gasteiger partial charge in [-0.15, -0.1) is 0 Å². The van der Waals surface area contributed by atoms with Crippen molar-refractivity contribution in [2.45, 2.75) is 45.1 Å². The molecule has 4 nitrogen and oxygen atoms in total.